The molecule has 5 nitrogen and oxygen atoms in total. The first-order valence-electron chi connectivity index (χ1n) is 7.78. The second-order valence-corrected chi connectivity index (χ2v) is 5.63. The molecule has 1 aromatic rings. The van der Waals surface area contributed by atoms with Crippen LogP contribution in [0.25, 0.3) is 0 Å². The number of piperazine rings is 1. The quantitative estimate of drug-likeness (QED) is 0.868. The Bertz CT molecular complexity index is 480. The Labute approximate surface area is 125 Å². The summed E-state index contributed by atoms with van der Waals surface area (Å²) in [5.74, 6) is -0.0116. The average Bonchev–Trinajstić information content (AvgIpc) is 3.07. The van der Waals surface area contributed by atoms with Crippen molar-refractivity contribution in [1.29, 1.82) is 0 Å². The number of carbonyl (C=O) groups excluding carboxylic acids is 1. The molecule has 0 aliphatic carbocycles. The van der Waals surface area contributed by atoms with Crippen LogP contribution in [0.1, 0.15) is 23.2 Å². The number of hydrogen-bond donors (Lipinski definition) is 2. The van der Waals surface area contributed by atoms with Gasteiger partial charge in [-0.05, 0) is 31.0 Å². The first kappa shape index (κ1) is 14.4. The lowest BCUT2D eigenvalue weighted by atomic mass is 10.1. The van der Waals surface area contributed by atoms with E-state index in [2.05, 4.69) is 21.6 Å². The molecule has 0 spiro atoms. The number of rotatable bonds is 4. The fourth-order valence-electron chi connectivity index (χ4n) is 2.88. The van der Waals surface area contributed by atoms with Crippen LogP contribution in [0.15, 0.2) is 24.3 Å². The van der Waals surface area contributed by atoms with Crippen molar-refractivity contribution in [2.75, 3.05) is 44.2 Å². The molecule has 1 amide bonds. The summed E-state index contributed by atoms with van der Waals surface area (Å²) in [6, 6.07) is 7.88. The van der Waals surface area contributed by atoms with E-state index >= 15 is 0 Å². The summed E-state index contributed by atoms with van der Waals surface area (Å²) in [7, 11) is 0. The predicted molar refractivity (Wildman–Crippen MR) is 82.8 cm³/mol. The van der Waals surface area contributed by atoms with Gasteiger partial charge in [0.15, 0.2) is 0 Å². The number of amides is 1. The van der Waals surface area contributed by atoms with Gasteiger partial charge in [-0.15, -0.1) is 0 Å². The molecule has 3 rings (SSSR count). The number of ether oxygens (including phenoxy) is 1. The van der Waals surface area contributed by atoms with E-state index in [9.17, 15) is 4.79 Å². The molecule has 0 bridgehead atoms. The molecule has 0 radical (unpaired) electrons. The first-order chi connectivity index (χ1) is 10.3. The molecule has 2 N–H and O–H groups in total. The van der Waals surface area contributed by atoms with Gasteiger partial charge in [0.1, 0.15) is 0 Å². The molecular weight excluding hydrogens is 266 g/mol. The molecular formula is C16H23N3O2. The maximum absolute atomic E-state index is 12.2. The molecule has 2 fully saturated rings. The van der Waals surface area contributed by atoms with Gasteiger partial charge in [0.05, 0.1) is 6.10 Å². The van der Waals surface area contributed by atoms with Crippen molar-refractivity contribution in [2.45, 2.75) is 18.9 Å². The zero-order valence-electron chi connectivity index (χ0n) is 12.3. The zero-order valence-corrected chi connectivity index (χ0v) is 12.3. The molecule has 2 heterocycles. The third kappa shape index (κ3) is 3.74. The van der Waals surface area contributed by atoms with Crippen molar-refractivity contribution < 1.29 is 9.53 Å². The van der Waals surface area contributed by atoms with Gasteiger partial charge >= 0.3 is 0 Å². The first-order valence-corrected chi connectivity index (χ1v) is 7.78. The van der Waals surface area contributed by atoms with Gasteiger partial charge in [-0.2, -0.15) is 0 Å². The minimum Gasteiger partial charge on any atom is -0.376 e. The van der Waals surface area contributed by atoms with Crippen LogP contribution in [0.5, 0.6) is 0 Å². The number of hydrogen-bond acceptors (Lipinski definition) is 4. The molecule has 2 saturated heterocycles. The molecule has 5 heteroatoms. The van der Waals surface area contributed by atoms with Crippen LogP contribution >= 0.6 is 0 Å². The van der Waals surface area contributed by atoms with Crippen molar-refractivity contribution >= 4 is 11.6 Å². The van der Waals surface area contributed by atoms with Gasteiger partial charge in [-0.25, -0.2) is 0 Å². The van der Waals surface area contributed by atoms with Crippen LogP contribution in [0.4, 0.5) is 5.69 Å². The summed E-state index contributed by atoms with van der Waals surface area (Å²) in [4.78, 5) is 14.6. The van der Waals surface area contributed by atoms with Crippen molar-refractivity contribution in [3.8, 4) is 0 Å². The highest BCUT2D eigenvalue weighted by molar-refractivity contribution is 5.95. The molecule has 1 unspecified atom stereocenters. The maximum Gasteiger partial charge on any atom is 0.251 e. The van der Waals surface area contributed by atoms with Crippen LogP contribution in [0.3, 0.4) is 0 Å². The van der Waals surface area contributed by atoms with E-state index in [1.807, 2.05) is 18.2 Å². The maximum atomic E-state index is 12.2. The van der Waals surface area contributed by atoms with Gasteiger partial charge in [-0.1, -0.05) is 6.07 Å². The number of carbonyl (C=O) groups is 1. The monoisotopic (exact) mass is 289 g/mol. The second-order valence-electron chi connectivity index (χ2n) is 5.63. The van der Waals surface area contributed by atoms with Gasteiger partial charge in [-0.3, -0.25) is 4.79 Å². The minimum absolute atomic E-state index is 0.0116. The van der Waals surface area contributed by atoms with Crippen LogP contribution in [-0.2, 0) is 4.74 Å². The lowest BCUT2D eigenvalue weighted by Crippen LogP contribution is -2.43. The summed E-state index contributed by atoms with van der Waals surface area (Å²) < 4.78 is 5.53. The van der Waals surface area contributed by atoms with Crippen LogP contribution in [0.2, 0.25) is 0 Å². The summed E-state index contributed by atoms with van der Waals surface area (Å²) >= 11 is 0. The van der Waals surface area contributed by atoms with Crippen molar-refractivity contribution in [3.05, 3.63) is 29.8 Å². The summed E-state index contributed by atoms with van der Waals surface area (Å²) in [5.41, 5.74) is 1.85. The van der Waals surface area contributed by atoms with Gasteiger partial charge < -0.3 is 20.3 Å². The highest BCUT2D eigenvalue weighted by atomic mass is 16.5. The van der Waals surface area contributed by atoms with E-state index in [1.165, 1.54) is 0 Å². The van der Waals surface area contributed by atoms with E-state index in [1.54, 1.807) is 0 Å². The highest BCUT2D eigenvalue weighted by Gasteiger charge is 2.17. The molecule has 21 heavy (non-hydrogen) atoms. The minimum atomic E-state index is -0.0116. The SMILES string of the molecule is O=C(NCC1CCCO1)c1cccc(N2CCNCC2)c1. The summed E-state index contributed by atoms with van der Waals surface area (Å²) in [6.45, 7) is 5.39. The summed E-state index contributed by atoms with van der Waals surface area (Å²) in [5, 5.41) is 6.31. The van der Waals surface area contributed by atoms with Crippen LogP contribution < -0.4 is 15.5 Å². The Kier molecular flexibility index (Phi) is 4.72. The fraction of sp³-hybridized carbons (Fsp3) is 0.562. The largest absolute Gasteiger partial charge is 0.376 e. The third-order valence-electron chi connectivity index (χ3n) is 4.10. The van der Waals surface area contributed by atoms with Crippen molar-refractivity contribution in [2.24, 2.45) is 0 Å². The second kappa shape index (κ2) is 6.91. The summed E-state index contributed by atoms with van der Waals surface area (Å²) in [6.07, 6.45) is 2.32. The molecule has 114 valence electrons. The molecule has 0 saturated carbocycles. The Morgan fingerprint density at radius 1 is 1.38 bits per heavy atom. The highest BCUT2D eigenvalue weighted by Crippen LogP contribution is 2.17. The van der Waals surface area contributed by atoms with Gasteiger partial charge in [0, 0.05) is 50.6 Å². The van der Waals surface area contributed by atoms with Crippen LogP contribution in [-0.4, -0.2) is 51.3 Å². The van der Waals surface area contributed by atoms with E-state index in [-0.39, 0.29) is 12.0 Å². The lowest BCUT2D eigenvalue weighted by molar-refractivity contribution is 0.0858. The van der Waals surface area contributed by atoms with Gasteiger partial charge in [0.25, 0.3) is 5.91 Å². The number of anilines is 1. The van der Waals surface area contributed by atoms with E-state index < -0.39 is 0 Å². The number of nitrogens with zero attached hydrogens (tertiary/aromatic N) is 1. The fourth-order valence-corrected chi connectivity index (χ4v) is 2.88. The van der Waals surface area contributed by atoms with Gasteiger partial charge in [0.2, 0.25) is 0 Å². The Balaban J connectivity index is 1.60. The number of benzene rings is 1. The molecule has 1 aromatic carbocycles. The van der Waals surface area contributed by atoms with Crippen molar-refractivity contribution in [3.63, 3.8) is 0 Å². The Morgan fingerprint density at radius 3 is 3.00 bits per heavy atom. The molecule has 1 atom stereocenters. The Hall–Kier alpha value is -1.59. The molecule has 2 aliphatic heterocycles. The smallest absolute Gasteiger partial charge is 0.251 e. The van der Waals surface area contributed by atoms with Crippen molar-refractivity contribution in [1.82, 2.24) is 10.6 Å². The molecule has 0 aromatic heterocycles. The lowest BCUT2D eigenvalue weighted by Gasteiger charge is -2.29. The third-order valence-corrected chi connectivity index (χ3v) is 4.10. The zero-order chi connectivity index (χ0) is 14.5. The standard InChI is InChI=1S/C16H23N3O2/c20-16(18-12-15-5-2-10-21-15)13-3-1-4-14(11-13)19-8-6-17-7-9-19/h1,3-4,11,15,17H,2,5-10,12H2,(H,18,20). The van der Waals surface area contributed by atoms with Crippen LogP contribution in [0, 0.1) is 0 Å². The average molecular weight is 289 g/mol. The Morgan fingerprint density at radius 2 is 2.24 bits per heavy atom. The predicted octanol–water partition coefficient (Wildman–Crippen LogP) is 1.01. The van der Waals surface area contributed by atoms with E-state index in [4.69, 9.17) is 4.74 Å². The normalized spacial score (nSPS) is 22.3. The topological polar surface area (TPSA) is 53.6 Å². The van der Waals surface area contributed by atoms with E-state index in [0.29, 0.717) is 6.54 Å². The number of nitrogens with one attached hydrogen (secondary N) is 2. The van der Waals surface area contributed by atoms with E-state index in [0.717, 1.165) is 56.9 Å². The molecule has 2 aliphatic rings.